The molecule has 1 fully saturated rings. The number of nitrogens with zero attached hydrogens (tertiary/aromatic N) is 1. The van der Waals surface area contributed by atoms with Crippen LogP contribution in [0.25, 0.3) is 5.57 Å². The summed E-state index contributed by atoms with van der Waals surface area (Å²) in [6.07, 6.45) is 11.6. The minimum Gasteiger partial charge on any atom is -0.385 e. The summed E-state index contributed by atoms with van der Waals surface area (Å²) in [6.45, 7) is 12.5. The molecule has 2 aliphatic heterocycles. The first-order valence-electron chi connectivity index (χ1n) is 13.5. The lowest BCUT2D eigenvalue weighted by atomic mass is 9.81. The summed E-state index contributed by atoms with van der Waals surface area (Å²) in [5, 5.41) is 15.0. The molecule has 2 heterocycles. The third kappa shape index (κ3) is 6.57. The van der Waals surface area contributed by atoms with E-state index in [1.165, 1.54) is 11.1 Å². The van der Waals surface area contributed by atoms with Crippen LogP contribution in [0.1, 0.15) is 67.1 Å². The summed E-state index contributed by atoms with van der Waals surface area (Å²) in [5.41, 5.74) is 6.08. The van der Waals surface area contributed by atoms with E-state index < -0.39 is 5.60 Å². The van der Waals surface area contributed by atoms with Crippen LogP contribution in [0.4, 0.5) is 0 Å². The van der Waals surface area contributed by atoms with E-state index >= 15 is 0 Å². The number of hydrogen-bond acceptors (Lipinski definition) is 4. The van der Waals surface area contributed by atoms with Crippen LogP contribution in [0.5, 0.6) is 0 Å². The smallest absolute Gasteiger partial charge is 0.166 e. The number of allylic oxidation sites excluding steroid dienone is 3. The van der Waals surface area contributed by atoms with Crippen molar-refractivity contribution in [1.82, 2.24) is 10.2 Å². The van der Waals surface area contributed by atoms with Gasteiger partial charge in [-0.1, -0.05) is 80.6 Å². The minimum absolute atomic E-state index is 0.0247. The number of piperidine rings is 1. The summed E-state index contributed by atoms with van der Waals surface area (Å²) >= 11 is 0. The van der Waals surface area contributed by atoms with Crippen LogP contribution in [0.2, 0.25) is 0 Å². The number of carbonyl (C=O) groups is 1. The third-order valence-electron chi connectivity index (χ3n) is 7.73. The van der Waals surface area contributed by atoms with Crippen molar-refractivity contribution in [1.29, 1.82) is 0 Å². The Hall–Kier alpha value is -3.21. The Balaban J connectivity index is 1.35. The molecular weight excluding hydrogens is 456 g/mol. The summed E-state index contributed by atoms with van der Waals surface area (Å²) in [4.78, 5) is 15.3. The summed E-state index contributed by atoms with van der Waals surface area (Å²) in [6, 6.07) is 16.3. The highest BCUT2D eigenvalue weighted by molar-refractivity contribution is 6.01. The zero-order valence-electron chi connectivity index (χ0n) is 22.5. The first kappa shape index (κ1) is 26.8. The van der Waals surface area contributed by atoms with Gasteiger partial charge in [0.15, 0.2) is 5.78 Å². The highest BCUT2D eigenvalue weighted by Gasteiger charge is 2.35. The molecular formula is C33H40N2O2. The SMILES string of the molecule is C=C(C)c1cc(C2(O)CCN(CC3=CN/C(=C\Cc4ccccc4)C=C3)CC2)ccc1C(=O)C(C)CC. The molecule has 4 nitrogen and oxygen atoms in total. The number of Topliss-reactive ketones (excluding diaryl/α,β-unsaturated/α-hetero) is 1. The predicted molar refractivity (Wildman–Crippen MR) is 153 cm³/mol. The number of nitrogens with one attached hydrogen (secondary N) is 1. The van der Waals surface area contributed by atoms with Gasteiger partial charge in [0, 0.05) is 43.0 Å². The second-order valence-electron chi connectivity index (χ2n) is 10.6. The maximum atomic E-state index is 12.9. The first-order valence-corrected chi connectivity index (χ1v) is 13.5. The molecule has 2 aromatic rings. The predicted octanol–water partition coefficient (Wildman–Crippen LogP) is 6.40. The van der Waals surface area contributed by atoms with E-state index in [0.717, 1.165) is 54.9 Å². The second-order valence-corrected chi connectivity index (χ2v) is 10.6. The molecule has 37 heavy (non-hydrogen) atoms. The van der Waals surface area contributed by atoms with Gasteiger partial charge in [-0.2, -0.15) is 0 Å². The van der Waals surface area contributed by atoms with Gasteiger partial charge >= 0.3 is 0 Å². The lowest BCUT2D eigenvalue weighted by Crippen LogP contribution is -2.43. The Kier molecular flexibility index (Phi) is 8.63. The topological polar surface area (TPSA) is 52.6 Å². The van der Waals surface area contributed by atoms with Crippen LogP contribution >= 0.6 is 0 Å². The third-order valence-corrected chi connectivity index (χ3v) is 7.73. The Morgan fingerprint density at radius 1 is 1.14 bits per heavy atom. The average molecular weight is 497 g/mol. The van der Waals surface area contributed by atoms with Crippen LogP contribution < -0.4 is 5.32 Å². The number of likely N-dealkylation sites (tertiary alicyclic amines) is 1. The van der Waals surface area contributed by atoms with Crippen molar-refractivity contribution < 1.29 is 9.90 Å². The molecule has 0 amide bonds. The van der Waals surface area contributed by atoms with Crippen LogP contribution in [0.15, 0.2) is 90.8 Å². The van der Waals surface area contributed by atoms with Crippen molar-refractivity contribution >= 4 is 11.4 Å². The van der Waals surface area contributed by atoms with E-state index in [9.17, 15) is 9.90 Å². The molecule has 4 heteroatoms. The van der Waals surface area contributed by atoms with Crippen molar-refractivity contribution in [3.8, 4) is 0 Å². The fourth-order valence-electron chi connectivity index (χ4n) is 5.02. The molecule has 1 unspecified atom stereocenters. The van der Waals surface area contributed by atoms with E-state index in [0.29, 0.717) is 18.4 Å². The summed E-state index contributed by atoms with van der Waals surface area (Å²) in [5.74, 6) is 0.123. The van der Waals surface area contributed by atoms with E-state index in [2.05, 4.69) is 65.5 Å². The number of rotatable bonds is 9. The molecule has 0 aromatic heterocycles. The van der Waals surface area contributed by atoms with E-state index in [1.807, 2.05) is 45.0 Å². The number of dihydropyridines is 1. The molecule has 4 rings (SSSR count). The second kappa shape index (κ2) is 11.9. The number of hydrogen-bond donors (Lipinski definition) is 2. The average Bonchev–Trinajstić information content (AvgIpc) is 2.93. The Morgan fingerprint density at radius 3 is 2.49 bits per heavy atom. The normalized spacial score (nSPS) is 19.2. The first-order chi connectivity index (χ1) is 17.8. The van der Waals surface area contributed by atoms with E-state index in [-0.39, 0.29) is 11.7 Å². The molecule has 1 saturated heterocycles. The van der Waals surface area contributed by atoms with Crippen LogP contribution in [-0.2, 0) is 12.0 Å². The number of benzene rings is 2. The van der Waals surface area contributed by atoms with Gasteiger partial charge in [0.2, 0.25) is 0 Å². The van der Waals surface area contributed by atoms with Crippen molar-refractivity contribution in [3.63, 3.8) is 0 Å². The Labute approximate surface area is 222 Å². The zero-order chi connectivity index (χ0) is 26.4. The van der Waals surface area contributed by atoms with E-state index in [4.69, 9.17) is 0 Å². The molecule has 0 radical (unpaired) electrons. The van der Waals surface area contributed by atoms with Gasteiger partial charge in [-0.3, -0.25) is 9.69 Å². The van der Waals surface area contributed by atoms with Gasteiger partial charge < -0.3 is 10.4 Å². The van der Waals surface area contributed by atoms with Gasteiger partial charge in [-0.15, -0.1) is 0 Å². The maximum Gasteiger partial charge on any atom is 0.166 e. The van der Waals surface area contributed by atoms with E-state index in [1.54, 1.807) is 0 Å². The van der Waals surface area contributed by atoms with Gasteiger partial charge in [0.1, 0.15) is 0 Å². The van der Waals surface area contributed by atoms with Crippen LogP contribution in [0.3, 0.4) is 0 Å². The monoisotopic (exact) mass is 496 g/mol. The summed E-state index contributed by atoms with van der Waals surface area (Å²) in [7, 11) is 0. The Bertz CT molecular complexity index is 1210. The number of ketones is 1. The molecule has 2 aromatic carbocycles. The van der Waals surface area contributed by atoms with Gasteiger partial charge in [0.25, 0.3) is 0 Å². The standard InChI is InChI=1S/C33H40N2O2/c1-5-25(4)32(36)30-16-13-28(21-31(30)24(2)3)33(37)17-19-35(20-18-33)23-27-12-15-29(34-22-27)14-11-26-9-7-6-8-10-26/h6-10,12-16,21-22,25,34,37H,2,5,11,17-20,23H2,1,3-4H3/b29-14-. The van der Waals surface area contributed by atoms with Gasteiger partial charge in [-0.25, -0.2) is 0 Å². The van der Waals surface area contributed by atoms with Crippen LogP contribution in [-0.4, -0.2) is 35.4 Å². The molecule has 194 valence electrons. The fraction of sp³-hybridized carbons (Fsp3) is 0.364. The summed E-state index contributed by atoms with van der Waals surface area (Å²) < 4.78 is 0. The highest BCUT2D eigenvalue weighted by Crippen LogP contribution is 2.35. The number of carbonyl (C=O) groups excluding carboxylic acids is 1. The van der Waals surface area contributed by atoms with Gasteiger partial charge in [-0.05, 0) is 67.0 Å². The molecule has 0 aliphatic carbocycles. The Morgan fingerprint density at radius 2 is 1.86 bits per heavy atom. The van der Waals surface area contributed by atoms with Crippen molar-refractivity contribution in [2.75, 3.05) is 19.6 Å². The molecule has 2 N–H and O–H groups in total. The largest absolute Gasteiger partial charge is 0.385 e. The fourth-order valence-corrected chi connectivity index (χ4v) is 5.02. The number of aliphatic hydroxyl groups is 1. The maximum absolute atomic E-state index is 12.9. The minimum atomic E-state index is -0.888. The van der Waals surface area contributed by atoms with Crippen molar-refractivity contribution in [2.45, 2.75) is 52.1 Å². The molecule has 0 spiro atoms. The zero-order valence-corrected chi connectivity index (χ0v) is 22.5. The van der Waals surface area contributed by atoms with Gasteiger partial charge in [0.05, 0.1) is 5.60 Å². The van der Waals surface area contributed by atoms with Crippen molar-refractivity contribution in [3.05, 3.63) is 113 Å². The highest BCUT2D eigenvalue weighted by atomic mass is 16.3. The molecule has 2 aliphatic rings. The lowest BCUT2D eigenvalue weighted by Gasteiger charge is -2.39. The molecule has 1 atom stereocenters. The quantitative estimate of drug-likeness (QED) is 0.394. The van der Waals surface area contributed by atoms with Crippen LogP contribution in [0, 0.1) is 5.92 Å². The van der Waals surface area contributed by atoms with Crippen molar-refractivity contribution in [2.24, 2.45) is 5.92 Å². The lowest BCUT2D eigenvalue weighted by molar-refractivity contribution is -0.0238. The molecule has 0 bridgehead atoms. The molecule has 0 saturated carbocycles.